The molecule has 0 spiro atoms. The van der Waals surface area contributed by atoms with Crippen molar-refractivity contribution in [1.82, 2.24) is 4.98 Å². The van der Waals surface area contributed by atoms with E-state index in [0.717, 1.165) is 10.9 Å². The fourth-order valence-electron chi connectivity index (χ4n) is 1.21. The van der Waals surface area contributed by atoms with Crippen LogP contribution in [0.5, 0.6) is 0 Å². The quantitative estimate of drug-likeness (QED) is 0.509. The van der Waals surface area contributed by atoms with E-state index in [1.807, 2.05) is 29.1 Å². The molecule has 3 heteroatoms. The van der Waals surface area contributed by atoms with E-state index in [0.29, 0.717) is 0 Å². The number of hydrogen-bond acceptors (Lipinski definition) is 3. The van der Waals surface area contributed by atoms with Crippen molar-refractivity contribution in [2.75, 3.05) is 5.75 Å². The molecule has 0 radical (unpaired) electrons. The molecular formula is C12H19NS2. The Balaban J connectivity index is 1.98. The minimum Gasteiger partial charge on any atom is -0.249 e. The summed E-state index contributed by atoms with van der Waals surface area (Å²) in [4.78, 5) is 4.27. The first kappa shape index (κ1) is 12.9. The molecule has 0 aliphatic heterocycles. The first-order chi connectivity index (χ1) is 7.29. The Labute approximate surface area is 101 Å². The molecule has 0 bridgehead atoms. The molecule has 0 N–H and O–H groups in total. The van der Waals surface area contributed by atoms with Gasteiger partial charge in [-0.3, -0.25) is 0 Å². The maximum atomic E-state index is 4.27. The second-order valence-corrected chi connectivity index (χ2v) is 6.40. The topological polar surface area (TPSA) is 12.9 Å². The Bertz CT molecular complexity index is 249. The normalized spacial score (nSPS) is 10.9. The van der Waals surface area contributed by atoms with E-state index < -0.39 is 0 Å². The molecule has 0 saturated heterocycles. The minimum absolute atomic E-state index is 0.846. The average Bonchev–Trinajstić information content (AvgIpc) is 2.24. The minimum atomic E-state index is 0.846. The van der Waals surface area contributed by atoms with Crippen molar-refractivity contribution in [2.24, 2.45) is 5.92 Å². The average molecular weight is 241 g/mol. The zero-order valence-electron chi connectivity index (χ0n) is 9.48. The predicted molar refractivity (Wildman–Crippen MR) is 71.2 cm³/mol. The van der Waals surface area contributed by atoms with Crippen LogP contribution in [0.3, 0.4) is 0 Å². The molecule has 0 amide bonds. The lowest BCUT2D eigenvalue weighted by atomic mass is 10.1. The van der Waals surface area contributed by atoms with E-state index in [1.165, 1.54) is 25.0 Å². The summed E-state index contributed by atoms with van der Waals surface area (Å²) >= 11 is 0. The van der Waals surface area contributed by atoms with E-state index in [1.54, 1.807) is 10.8 Å². The Morgan fingerprint density at radius 1 is 1.27 bits per heavy atom. The molecule has 1 nitrogen and oxygen atoms in total. The van der Waals surface area contributed by atoms with Crippen LogP contribution in [-0.2, 0) is 0 Å². The van der Waals surface area contributed by atoms with Gasteiger partial charge in [-0.2, -0.15) is 0 Å². The van der Waals surface area contributed by atoms with Crippen LogP contribution in [0.1, 0.15) is 33.1 Å². The third kappa shape index (κ3) is 6.85. The number of rotatable bonds is 7. The largest absolute Gasteiger partial charge is 0.249 e. The van der Waals surface area contributed by atoms with Gasteiger partial charge in [-0.1, -0.05) is 43.5 Å². The van der Waals surface area contributed by atoms with Crippen molar-refractivity contribution in [3.05, 3.63) is 24.4 Å². The number of hydrogen-bond donors (Lipinski definition) is 0. The standard InChI is InChI=1S/C12H19NS2/c1-11(2)7-4-6-10-14-15-12-8-3-5-9-13-12/h3,5,8-9,11H,4,6-7,10H2,1-2H3. The molecule has 1 aromatic heterocycles. The Morgan fingerprint density at radius 3 is 2.80 bits per heavy atom. The van der Waals surface area contributed by atoms with Gasteiger partial charge in [-0.05, 0) is 35.3 Å². The molecule has 0 fully saturated rings. The molecule has 0 atom stereocenters. The van der Waals surface area contributed by atoms with E-state index in [9.17, 15) is 0 Å². The SMILES string of the molecule is CC(C)CCCCSSc1ccccn1. The van der Waals surface area contributed by atoms with Crippen LogP contribution in [-0.4, -0.2) is 10.7 Å². The van der Waals surface area contributed by atoms with Crippen LogP contribution in [0.2, 0.25) is 0 Å². The zero-order valence-corrected chi connectivity index (χ0v) is 11.1. The fourth-order valence-corrected chi connectivity index (χ4v) is 3.24. The summed E-state index contributed by atoms with van der Waals surface area (Å²) in [6.45, 7) is 4.57. The molecule has 1 rings (SSSR count). The van der Waals surface area contributed by atoms with Crippen molar-refractivity contribution < 1.29 is 0 Å². The zero-order chi connectivity index (χ0) is 10.9. The van der Waals surface area contributed by atoms with Crippen molar-refractivity contribution in [3.8, 4) is 0 Å². The van der Waals surface area contributed by atoms with Crippen LogP contribution in [0.25, 0.3) is 0 Å². The van der Waals surface area contributed by atoms with Crippen LogP contribution < -0.4 is 0 Å². The summed E-state index contributed by atoms with van der Waals surface area (Å²) in [6.07, 6.45) is 5.88. The summed E-state index contributed by atoms with van der Waals surface area (Å²) in [5.74, 6) is 2.08. The maximum absolute atomic E-state index is 4.27. The molecule has 84 valence electrons. The Morgan fingerprint density at radius 2 is 2.13 bits per heavy atom. The summed E-state index contributed by atoms with van der Waals surface area (Å²) in [5, 5.41) is 1.12. The van der Waals surface area contributed by atoms with Crippen molar-refractivity contribution in [2.45, 2.75) is 38.1 Å². The molecule has 0 aliphatic carbocycles. The molecule has 0 saturated carbocycles. The van der Waals surface area contributed by atoms with E-state index in [2.05, 4.69) is 24.9 Å². The highest BCUT2D eigenvalue weighted by molar-refractivity contribution is 8.76. The first-order valence-corrected chi connectivity index (χ1v) is 7.81. The third-order valence-electron chi connectivity index (χ3n) is 2.04. The predicted octanol–water partition coefficient (Wildman–Crippen LogP) is 4.65. The Hall–Kier alpha value is -0.150. The second-order valence-electron chi connectivity index (χ2n) is 3.96. The van der Waals surface area contributed by atoms with Gasteiger partial charge < -0.3 is 0 Å². The van der Waals surface area contributed by atoms with Gasteiger partial charge in [-0.25, -0.2) is 4.98 Å². The molecule has 0 unspecified atom stereocenters. The van der Waals surface area contributed by atoms with Crippen molar-refractivity contribution in [1.29, 1.82) is 0 Å². The molecule has 0 aliphatic rings. The summed E-state index contributed by atoms with van der Waals surface area (Å²) in [7, 11) is 3.70. The van der Waals surface area contributed by atoms with Gasteiger partial charge in [0.15, 0.2) is 0 Å². The van der Waals surface area contributed by atoms with Crippen LogP contribution >= 0.6 is 21.6 Å². The van der Waals surface area contributed by atoms with Crippen LogP contribution in [0.4, 0.5) is 0 Å². The van der Waals surface area contributed by atoms with Gasteiger partial charge in [0.2, 0.25) is 0 Å². The molecular weight excluding hydrogens is 222 g/mol. The highest BCUT2D eigenvalue weighted by Gasteiger charge is 1.96. The first-order valence-electron chi connectivity index (χ1n) is 5.49. The van der Waals surface area contributed by atoms with Gasteiger partial charge >= 0.3 is 0 Å². The summed E-state index contributed by atoms with van der Waals surface area (Å²) < 4.78 is 0. The van der Waals surface area contributed by atoms with E-state index >= 15 is 0 Å². The van der Waals surface area contributed by atoms with Crippen molar-refractivity contribution in [3.63, 3.8) is 0 Å². The molecule has 15 heavy (non-hydrogen) atoms. The monoisotopic (exact) mass is 241 g/mol. The maximum Gasteiger partial charge on any atom is 0.106 e. The van der Waals surface area contributed by atoms with E-state index in [-0.39, 0.29) is 0 Å². The summed E-state index contributed by atoms with van der Waals surface area (Å²) in [6, 6.07) is 6.05. The number of unbranched alkanes of at least 4 members (excludes halogenated alkanes) is 1. The Kier molecular flexibility index (Phi) is 6.94. The van der Waals surface area contributed by atoms with Crippen LogP contribution in [0, 0.1) is 5.92 Å². The lowest BCUT2D eigenvalue weighted by molar-refractivity contribution is 0.552. The summed E-state index contributed by atoms with van der Waals surface area (Å²) in [5.41, 5.74) is 0. The van der Waals surface area contributed by atoms with Crippen molar-refractivity contribution >= 4 is 21.6 Å². The highest BCUT2D eigenvalue weighted by Crippen LogP contribution is 2.29. The smallest absolute Gasteiger partial charge is 0.106 e. The third-order valence-corrected chi connectivity index (χ3v) is 4.39. The number of aromatic nitrogens is 1. The van der Waals surface area contributed by atoms with Gasteiger partial charge in [0, 0.05) is 11.9 Å². The lowest BCUT2D eigenvalue weighted by Gasteiger charge is -2.03. The molecule has 1 heterocycles. The molecule has 1 aromatic rings. The fraction of sp³-hybridized carbons (Fsp3) is 0.583. The van der Waals surface area contributed by atoms with E-state index in [4.69, 9.17) is 0 Å². The van der Waals surface area contributed by atoms with Gasteiger partial charge in [0.25, 0.3) is 0 Å². The van der Waals surface area contributed by atoms with Gasteiger partial charge in [0.1, 0.15) is 5.03 Å². The molecule has 0 aromatic carbocycles. The van der Waals surface area contributed by atoms with Gasteiger partial charge in [0.05, 0.1) is 0 Å². The van der Waals surface area contributed by atoms with Gasteiger partial charge in [-0.15, -0.1) is 0 Å². The highest BCUT2D eigenvalue weighted by atomic mass is 33.1. The second kappa shape index (κ2) is 8.05. The lowest BCUT2D eigenvalue weighted by Crippen LogP contribution is -1.87. The number of pyridine rings is 1. The van der Waals surface area contributed by atoms with Crippen LogP contribution in [0.15, 0.2) is 29.4 Å². The number of nitrogens with zero attached hydrogens (tertiary/aromatic N) is 1.